The molecule has 2 rings (SSSR count). The fourth-order valence-corrected chi connectivity index (χ4v) is 3.70. The van der Waals surface area contributed by atoms with Gasteiger partial charge in [0.25, 0.3) is 0 Å². The van der Waals surface area contributed by atoms with Crippen LogP contribution in [-0.4, -0.2) is 42.8 Å². The third kappa shape index (κ3) is 4.87. The van der Waals surface area contributed by atoms with Crippen molar-refractivity contribution in [2.75, 3.05) is 31.1 Å². The average Bonchev–Trinajstić information content (AvgIpc) is 2.58. The zero-order chi connectivity index (χ0) is 19.5. The summed E-state index contributed by atoms with van der Waals surface area (Å²) in [6.45, 7) is 15.5. The molecule has 1 aliphatic rings. The Morgan fingerprint density at radius 1 is 1.04 bits per heavy atom. The van der Waals surface area contributed by atoms with Crippen molar-refractivity contribution in [2.45, 2.75) is 53.4 Å². The molecule has 1 heterocycles. The second kappa shape index (κ2) is 8.24. The monoisotopic (exact) mass is 358 g/mol. The highest BCUT2D eigenvalue weighted by atomic mass is 16.2. The SMILES string of the molecule is CC(=O)CC(C(=O)N1CCN(c2ccccc2C(C)(C)C)CC1)C(C)C. The molecule has 1 aromatic rings. The normalized spacial score (nSPS) is 16.7. The van der Waals surface area contributed by atoms with E-state index in [-0.39, 0.29) is 28.9 Å². The van der Waals surface area contributed by atoms with Crippen LogP contribution in [0, 0.1) is 11.8 Å². The molecule has 1 amide bonds. The van der Waals surface area contributed by atoms with Gasteiger partial charge in [0.1, 0.15) is 5.78 Å². The number of amides is 1. The Morgan fingerprint density at radius 2 is 1.62 bits per heavy atom. The molecule has 0 saturated carbocycles. The van der Waals surface area contributed by atoms with E-state index in [2.05, 4.69) is 49.9 Å². The molecule has 4 nitrogen and oxygen atoms in total. The van der Waals surface area contributed by atoms with Gasteiger partial charge < -0.3 is 14.6 Å². The number of Topliss-reactive ketones (excluding diaryl/α,β-unsaturated/α-hetero) is 1. The molecule has 1 aromatic carbocycles. The summed E-state index contributed by atoms with van der Waals surface area (Å²) >= 11 is 0. The van der Waals surface area contributed by atoms with Crippen LogP contribution in [0.25, 0.3) is 0 Å². The fourth-order valence-electron chi connectivity index (χ4n) is 3.70. The molecule has 26 heavy (non-hydrogen) atoms. The highest BCUT2D eigenvalue weighted by Crippen LogP contribution is 2.32. The van der Waals surface area contributed by atoms with Gasteiger partial charge in [-0.25, -0.2) is 0 Å². The van der Waals surface area contributed by atoms with Crippen LogP contribution >= 0.6 is 0 Å². The lowest BCUT2D eigenvalue weighted by atomic mass is 9.85. The molecule has 144 valence electrons. The molecule has 1 saturated heterocycles. The minimum Gasteiger partial charge on any atom is -0.368 e. The van der Waals surface area contributed by atoms with Gasteiger partial charge in [-0.1, -0.05) is 52.8 Å². The first kappa shape index (κ1) is 20.5. The maximum atomic E-state index is 12.9. The third-order valence-electron chi connectivity index (χ3n) is 5.27. The number of carbonyl (C=O) groups is 2. The molecule has 4 heteroatoms. The van der Waals surface area contributed by atoms with Crippen molar-refractivity contribution in [3.8, 4) is 0 Å². The number of ketones is 1. The van der Waals surface area contributed by atoms with Gasteiger partial charge in [0.05, 0.1) is 0 Å². The molecule has 1 unspecified atom stereocenters. The first-order chi connectivity index (χ1) is 12.1. The van der Waals surface area contributed by atoms with E-state index in [0.717, 1.165) is 26.2 Å². The van der Waals surface area contributed by atoms with E-state index in [4.69, 9.17) is 0 Å². The summed E-state index contributed by atoms with van der Waals surface area (Å²) in [5.41, 5.74) is 2.71. The summed E-state index contributed by atoms with van der Waals surface area (Å²) in [6, 6.07) is 8.57. The van der Waals surface area contributed by atoms with Crippen molar-refractivity contribution in [3.05, 3.63) is 29.8 Å². The number of piperazine rings is 1. The Balaban J connectivity index is 2.08. The van der Waals surface area contributed by atoms with E-state index in [1.165, 1.54) is 11.3 Å². The van der Waals surface area contributed by atoms with Crippen molar-refractivity contribution in [3.63, 3.8) is 0 Å². The lowest BCUT2D eigenvalue weighted by Gasteiger charge is -2.40. The van der Waals surface area contributed by atoms with Crippen LogP contribution in [0.5, 0.6) is 0 Å². The van der Waals surface area contributed by atoms with Crippen molar-refractivity contribution in [1.29, 1.82) is 0 Å². The minimum atomic E-state index is -0.194. The number of benzene rings is 1. The maximum Gasteiger partial charge on any atom is 0.226 e. The van der Waals surface area contributed by atoms with Gasteiger partial charge in [-0.15, -0.1) is 0 Å². The van der Waals surface area contributed by atoms with E-state index in [0.29, 0.717) is 6.42 Å². The highest BCUT2D eigenvalue weighted by Gasteiger charge is 2.31. The van der Waals surface area contributed by atoms with Crippen LogP contribution in [0.2, 0.25) is 0 Å². The zero-order valence-electron chi connectivity index (χ0n) is 17.2. The smallest absolute Gasteiger partial charge is 0.226 e. The van der Waals surface area contributed by atoms with Gasteiger partial charge in [-0.2, -0.15) is 0 Å². The molecule has 0 radical (unpaired) electrons. The molecule has 1 atom stereocenters. The van der Waals surface area contributed by atoms with E-state index >= 15 is 0 Å². The largest absolute Gasteiger partial charge is 0.368 e. The molecular formula is C22H34N2O2. The molecule has 0 bridgehead atoms. The standard InChI is InChI=1S/C22H34N2O2/c1-16(2)18(15-17(3)25)21(26)24-13-11-23(12-14-24)20-10-8-7-9-19(20)22(4,5)6/h7-10,16,18H,11-15H2,1-6H3. The summed E-state index contributed by atoms with van der Waals surface area (Å²) in [7, 11) is 0. The lowest BCUT2D eigenvalue weighted by Crippen LogP contribution is -2.51. The van der Waals surface area contributed by atoms with E-state index in [1.54, 1.807) is 6.92 Å². The summed E-state index contributed by atoms with van der Waals surface area (Å²) in [6.07, 6.45) is 0.351. The summed E-state index contributed by atoms with van der Waals surface area (Å²) in [5, 5.41) is 0. The van der Waals surface area contributed by atoms with Crippen molar-refractivity contribution in [1.82, 2.24) is 4.90 Å². The van der Waals surface area contributed by atoms with Gasteiger partial charge in [-0.3, -0.25) is 4.79 Å². The maximum absolute atomic E-state index is 12.9. The second-order valence-electron chi connectivity index (χ2n) is 8.84. The number of rotatable bonds is 5. The summed E-state index contributed by atoms with van der Waals surface area (Å²) in [5.74, 6) is 0.223. The zero-order valence-corrected chi connectivity index (χ0v) is 17.2. The topological polar surface area (TPSA) is 40.6 Å². The van der Waals surface area contributed by atoms with Crippen molar-refractivity contribution >= 4 is 17.4 Å². The Labute approximate surface area is 158 Å². The van der Waals surface area contributed by atoms with Crippen LogP contribution in [0.4, 0.5) is 5.69 Å². The van der Waals surface area contributed by atoms with Crippen LogP contribution < -0.4 is 4.90 Å². The van der Waals surface area contributed by atoms with Gasteiger partial charge in [0, 0.05) is 44.2 Å². The number of para-hydroxylation sites is 1. The Kier molecular flexibility index (Phi) is 6.48. The Morgan fingerprint density at radius 3 is 2.12 bits per heavy atom. The fraction of sp³-hybridized carbons (Fsp3) is 0.636. The van der Waals surface area contributed by atoms with Gasteiger partial charge in [0.15, 0.2) is 0 Å². The molecule has 1 aliphatic heterocycles. The van der Waals surface area contributed by atoms with Gasteiger partial charge in [0.2, 0.25) is 5.91 Å². The van der Waals surface area contributed by atoms with Crippen LogP contribution in [0.15, 0.2) is 24.3 Å². The predicted octanol–water partition coefficient (Wildman–Crippen LogP) is 3.88. The summed E-state index contributed by atoms with van der Waals surface area (Å²) < 4.78 is 0. The first-order valence-corrected chi connectivity index (χ1v) is 9.74. The quantitative estimate of drug-likeness (QED) is 0.802. The molecule has 0 spiro atoms. The molecule has 0 aromatic heterocycles. The second-order valence-corrected chi connectivity index (χ2v) is 8.84. The van der Waals surface area contributed by atoms with Gasteiger partial charge >= 0.3 is 0 Å². The number of nitrogens with zero attached hydrogens (tertiary/aromatic N) is 2. The number of hydrogen-bond donors (Lipinski definition) is 0. The van der Waals surface area contributed by atoms with Crippen LogP contribution in [-0.2, 0) is 15.0 Å². The third-order valence-corrected chi connectivity index (χ3v) is 5.27. The molecule has 0 aliphatic carbocycles. The highest BCUT2D eigenvalue weighted by molar-refractivity contribution is 5.86. The first-order valence-electron chi connectivity index (χ1n) is 9.74. The molecule has 1 fully saturated rings. The van der Waals surface area contributed by atoms with Crippen molar-refractivity contribution < 1.29 is 9.59 Å². The number of anilines is 1. The van der Waals surface area contributed by atoms with Crippen LogP contribution in [0.3, 0.4) is 0 Å². The van der Waals surface area contributed by atoms with Crippen molar-refractivity contribution in [2.24, 2.45) is 11.8 Å². The number of hydrogen-bond acceptors (Lipinski definition) is 3. The van der Waals surface area contributed by atoms with Crippen LogP contribution in [0.1, 0.15) is 53.5 Å². The van der Waals surface area contributed by atoms with E-state index in [9.17, 15) is 9.59 Å². The predicted molar refractivity (Wildman–Crippen MR) is 108 cm³/mol. The minimum absolute atomic E-state index is 0.0910. The Hall–Kier alpha value is -1.84. The van der Waals surface area contributed by atoms with E-state index in [1.807, 2.05) is 18.7 Å². The van der Waals surface area contributed by atoms with Gasteiger partial charge in [-0.05, 0) is 29.9 Å². The Bertz CT molecular complexity index is 638. The van der Waals surface area contributed by atoms with E-state index < -0.39 is 0 Å². The molecule has 0 N–H and O–H groups in total. The average molecular weight is 359 g/mol. The lowest BCUT2D eigenvalue weighted by molar-refractivity contribution is -0.139. The summed E-state index contributed by atoms with van der Waals surface area (Å²) in [4.78, 5) is 28.8. The number of carbonyl (C=O) groups excluding carboxylic acids is 2. The molecular weight excluding hydrogens is 324 g/mol.